The number of aromatic nitrogens is 2. The maximum atomic E-state index is 11.9. The monoisotopic (exact) mass is 337 g/mol. The van der Waals surface area contributed by atoms with Crippen LogP contribution >= 0.6 is 11.6 Å². The molecule has 1 aliphatic heterocycles. The van der Waals surface area contributed by atoms with Gasteiger partial charge < -0.3 is 15.0 Å². The molecule has 2 rings (SSSR count). The van der Waals surface area contributed by atoms with Crippen LogP contribution in [0.1, 0.15) is 39.3 Å². The van der Waals surface area contributed by atoms with Crippen molar-refractivity contribution >= 4 is 23.5 Å². The molecule has 1 unspecified atom stereocenters. The highest BCUT2D eigenvalue weighted by Crippen LogP contribution is 2.20. The van der Waals surface area contributed by atoms with Crippen LogP contribution in [-0.4, -0.2) is 40.8 Å². The first-order chi connectivity index (χ1) is 10.8. The summed E-state index contributed by atoms with van der Waals surface area (Å²) in [6.07, 6.45) is 2.88. The van der Waals surface area contributed by atoms with Crippen molar-refractivity contribution in [2.45, 2.75) is 45.3 Å². The number of amides is 1. The molecule has 1 fully saturated rings. The van der Waals surface area contributed by atoms with Crippen molar-refractivity contribution in [3.05, 3.63) is 17.0 Å². The van der Waals surface area contributed by atoms with Crippen molar-refractivity contribution in [3.63, 3.8) is 0 Å². The molecule has 1 atom stereocenters. The lowest BCUT2D eigenvalue weighted by Crippen LogP contribution is -2.49. The van der Waals surface area contributed by atoms with E-state index in [1.807, 2.05) is 31.7 Å². The van der Waals surface area contributed by atoms with Crippen LogP contribution < -0.4 is 10.2 Å². The van der Waals surface area contributed by atoms with Crippen LogP contribution in [0.3, 0.4) is 0 Å². The SMILES string of the molecule is CC(C)(C)OC(=O)NC1CCCN(c2cnc(C#N)c(Cl)n2)C1. The van der Waals surface area contributed by atoms with E-state index in [2.05, 4.69) is 15.3 Å². The maximum absolute atomic E-state index is 11.9. The molecule has 0 spiro atoms. The molecule has 0 aliphatic carbocycles. The molecule has 1 N–H and O–H groups in total. The van der Waals surface area contributed by atoms with Crippen LogP contribution in [0.15, 0.2) is 6.20 Å². The molecule has 23 heavy (non-hydrogen) atoms. The van der Waals surface area contributed by atoms with E-state index in [1.54, 1.807) is 0 Å². The van der Waals surface area contributed by atoms with E-state index in [9.17, 15) is 4.79 Å². The number of hydrogen-bond donors (Lipinski definition) is 1. The maximum Gasteiger partial charge on any atom is 0.407 e. The van der Waals surface area contributed by atoms with Gasteiger partial charge in [-0.15, -0.1) is 0 Å². The van der Waals surface area contributed by atoms with Crippen molar-refractivity contribution in [2.24, 2.45) is 0 Å². The predicted molar refractivity (Wildman–Crippen MR) is 86.4 cm³/mol. The molecule has 1 saturated heterocycles. The molecule has 1 amide bonds. The molecule has 0 saturated carbocycles. The number of rotatable bonds is 2. The molecular formula is C15H20ClN5O2. The quantitative estimate of drug-likeness (QED) is 0.891. The van der Waals surface area contributed by atoms with Gasteiger partial charge in [0.05, 0.1) is 6.20 Å². The van der Waals surface area contributed by atoms with Gasteiger partial charge in [-0.25, -0.2) is 14.8 Å². The first-order valence-corrected chi connectivity index (χ1v) is 7.83. The van der Waals surface area contributed by atoms with Gasteiger partial charge in [0.15, 0.2) is 10.8 Å². The van der Waals surface area contributed by atoms with Crippen LogP contribution in [0, 0.1) is 11.3 Å². The number of halogens is 1. The third kappa shape index (κ3) is 4.96. The zero-order valence-electron chi connectivity index (χ0n) is 13.5. The summed E-state index contributed by atoms with van der Waals surface area (Å²) >= 11 is 5.93. The summed E-state index contributed by atoms with van der Waals surface area (Å²) < 4.78 is 5.28. The van der Waals surface area contributed by atoms with Gasteiger partial charge in [-0.3, -0.25) is 0 Å². The summed E-state index contributed by atoms with van der Waals surface area (Å²) in [5.41, 5.74) is -0.416. The Morgan fingerprint density at radius 2 is 2.30 bits per heavy atom. The van der Waals surface area contributed by atoms with E-state index < -0.39 is 11.7 Å². The van der Waals surface area contributed by atoms with Gasteiger partial charge >= 0.3 is 6.09 Å². The summed E-state index contributed by atoms with van der Waals surface area (Å²) in [5, 5.41) is 11.8. The molecule has 1 aromatic heterocycles. The summed E-state index contributed by atoms with van der Waals surface area (Å²) in [6.45, 7) is 6.87. The van der Waals surface area contributed by atoms with Gasteiger partial charge in [0.1, 0.15) is 17.5 Å². The Morgan fingerprint density at radius 1 is 1.57 bits per heavy atom. The van der Waals surface area contributed by atoms with E-state index in [1.165, 1.54) is 6.20 Å². The van der Waals surface area contributed by atoms with Crippen LogP contribution in [-0.2, 0) is 4.74 Å². The van der Waals surface area contributed by atoms with Gasteiger partial charge in [-0.05, 0) is 33.6 Å². The van der Waals surface area contributed by atoms with Gasteiger partial charge in [0, 0.05) is 19.1 Å². The normalized spacial score (nSPS) is 18.2. The Bertz CT molecular complexity index is 623. The van der Waals surface area contributed by atoms with E-state index >= 15 is 0 Å². The van der Waals surface area contributed by atoms with Crippen molar-refractivity contribution < 1.29 is 9.53 Å². The second-order valence-corrected chi connectivity index (χ2v) is 6.77. The minimum atomic E-state index is -0.523. The van der Waals surface area contributed by atoms with Crippen molar-refractivity contribution in [3.8, 4) is 6.07 Å². The minimum Gasteiger partial charge on any atom is -0.444 e. The topological polar surface area (TPSA) is 91.1 Å². The number of carbonyl (C=O) groups is 1. The van der Waals surface area contributed by atoms with Crippen molar-refractivity contribution in [2.75, 3.05) is 18.0 Å². The number of hydrogen-bond acceptors (Lipinski definition) is 6. The highest BCUT2D eigenvalue weighted by Gasteiger charge is 2.25. The van der Waals surface area contributed by atoms with E-state index in [-0.39, 0.29) is 16.9 Å². The Balaban J connectivity index is 1.99. The highest BCUT2D eigenvalue weighted by molar-refractivity contribution is 6.30. The van der Waals surface area contributed by atoms with Crippen molar-refractivity contribution in [1.82, 2.24) is 15.3 Å². The van der Waals surface area contributed by atoms with Gasteiger partial charge in [0.25, 0.3) is 0 Å². The zero-order chi connectivity index (χ0) is 17.0. The van der Waals surface area contributed by atoms with Gasteiger partial charge in [-0.1, -0.05) is 11.6 Å². The van der Waals surface area contributed by atoms with Crippen LogP contribution in [0.25, 0.3) is 0 Å². The van der Waals surface area contributed by atoms with Crippen molar-refractivity contribution in [1.29, 1.82) is 5.26 Å². The number of nitrogens with zero attached hydrogens (tertiary/aromatic N) is 4. The molecule has 2 heterocycles. The van der Waals surface area contributed by atoms with Crippen LogP contribution in [0.5, 0.6) is 0 Å². The molecular weight excluding hydrogens is 318 g/mol. The number of carbonyl (C=O) groups excluding carboxylic acids is 1. The summed E-state index contributed by atoms with van der Waals surface area (Å²) in [4.78, 5) is 22.1. The molecule has 1 aliphatic rings. The lowest BCUT2D eigenvalue weighted by molar-refractivity contribution is 0.0500. The van der Waals surface area contributed by atoms with E-state index in [4.69, 9.17) is 21.6 Å². The average Bonchev–Trinajstić information content (AvgIpc) is 2.45. The molecule has 7 nitrogen and oxygen atoms in total. The lowest BCUT2D eigenvalue weighted by atomic mass is 10.1. The van der Waals surface area contributed by atoms with Gasteiger partial charge in [0.2, 0.25) is 0 Å². The number of ether oxygens (including phenoxy) is 1. The third-order valence-electron chi connectivity index (χ3n) is 3.29. The first kappa shape index (κ1) is 17.3. The van der Waals surface area contributed by atoms with Crippen LogP contribution in [0.2, 0.25) is 5.15 Å². The molecule has 8 heteroatoms. The molecule has 124 valence electrons. The molecule has 0 aromatic carbocycles. The Morgan fingerprint density at radius 3 is 2.91 bits per heavy atom. The highest BCUT2D eigenvalue weighted by atomic mass is 35.5. The second-order valence-electron chi connectivity index (χ2n) is 6.41. The predicted octanol–water partition coefficient (Wildman–Crippen LogP) is 2.50. The lowest BCUT2D eigenvalue weighted by Gasteiger charge is -2.34. The summed E-state index contributed by atoms with van der Waals surface area (Å²) in [5.74, 6) is 0.602. The standard InChI is InChI=1S/C15H20ClN5O2/c1-15(2,3)23-14(22)19-10-5-4-6-21(9-10)12-8-18-11(7-17)13(16)20-12/h8,10H,4-6,9H2,1-3H3,(H,19,22). The second kappa shape index (κ2) is 7.01. The summed E-state index contributed by atoms with van der Waals surface area (Å²) in [6, 6.07) is 1.85. The number of anilines is 1. The van der Waals surface area contributed by atoms with Crippen LogP contribution in [0.4, 0.5) is 10.6 Å². The smallest absolute Gasteiger partial charge is 0.407 e. The Labute approximate surface area is 140 Å². The largest absolute Gasteiger partial charge is 0.444 e. The molecule has 0 radical (unpaired) electrons. The Kier molecular flexibility index (Phi) is 5.26. The zero-order valence-corrected chi connectivity index (χ0v) is 14.2. The number of nitriles is 1. The third-order valence-corrected chi connectivity index (χ3v) is 3.55. The van der Waals surface area contributed by atoms with E-state index in [0.717, 1.165) is 19.4 Å². The first-order valence-electron chi connectivity index (χ1n) is 7.45. The van der Waals surface area contributed by atoms with E-state index in [0.29, 0.717) is 12.4 Å². The Hall–Kier alpha value is -2.07. The molecule has 0 bridgehead atoms. The average molecular weight is 338 g/mol. The fourth-order valence-electron chi connectivity index (χ4n) is 2.36. The number of alkyl carbamates (subject to hydrolysis) is 1. The number of piperidine rings is 1. The number of nitrogens with one attached hydrogen (secondary N) is 1. The fraction of sp³-hybridized carbons (Fsp3) is 0.600. The molecule has 1 aromatic rings. The van der Waals surface area contributed by atoms with Gasteiger partial charge in [-0.2, -0.15) is 5.26 Å². The summed E-state index contributed by atoms with van der Waals surface area (Å²) in [7, 11) is 0. The fourth-order valence-corrected chi connectivity index (χ4v) is 2.54. The minimum absolute atomic E-state index is 0.0326.